The summed E-state index contributed by atoms with van der Waals surface area (Å²) < 4.78 is 0. The Balaban J connectivity index is 2.26. The summed E-state index contributed by atoms with van der Waals surface area (Å²) in [7, 11) is 0. The number of carboxylic acid groups (broad SMARTS) is 1. The zero-order valence-electron chi connectivity index (χ0n) is 14.5. The predicted molar refractivity (Wildman–Crippen MR) is 93.9 cm³/mol. The van der Waals surface area contributed by atoms with Crippen LogP contribution in [0.3, 0.4) is 0 Å². The lowest BCUT2D eigenvalue weighted by molar-refractivity contribution is -0.152. The van der Waals surface area contributed by atoms with E-state index in [-0.39, 0.29) is 11.0 Å². The number of carbonyl (C=O) groups excluding carboxylic acids is 2. The van der Waals surface area contributed by atoms with Gasteiger partial charge in [-0.25, -0.2) is 4.79 Å². The first-order chi connectivity index (χ1) is 11.2. The molecule has 0 bridgehead atoms. The van der Waals surface area contributed by atoms with Crippen molar-refractivity contribution in [3.63, 3.8) is 0 Å². The minimum absolute atomic E-state index is 0.0421. The molecule has 0 radical (unpaired) electrons. The molecule has 2 rings (SSSR count). The van der Waals surface area contributed by atoms with E-state index in [2.05, 4.69) is 0 Å². The first kappa shape index (κ1) is 18.5. The molecule has 6 heteroatoms. The molecule has 1 aliphatic rings. The summed E-state index contributed by atoms with van der Waals surface area (Å²) in [4.78, 5) is 36.9. The number of hydrogen-bond acceptors (Lipinski definition) is 4. The Morgan fingerprint density at radius 2 is 1.83 bits per heavy atom. The van der Waals surface area contributed by atoms with Gasteiger partial charge in [-0.05, 0) is 36.1 Å². The number of carboxylic acids is 1. The maximum absolute atomic E-state index is 12.7. The molecular formula is C18H23NO4S. The Morgan fingerprint density at radius 1 is 1.25 bits per heavy atom. The fraction of sp³-hybridized carbons (Fsp3) is 0.500. The summed E-state index contributed by atoms with van der Waals surface area (Å²) in [6.45, 7) is 7.53. The lowest BCUT2D eigenvalue weighted by Gasteiger charge is -2.36. The molecule has 5 nitrogen and oxygen atoms in total. The minimum Gasteiger partial charge on any atom is -0.480 e. The van der Waals surface area contributed by atoms with Crippen LogP contribution in [-0.2, 0) is 27.3 Å². The number of aliphatic carboxylic acids is 1. The highest BCUT2D eigenvalue weighted by Crippen LogP contribution is 2.28. The Hall–Kier alpha value is -1.82. The van der Waals surface area contributed by atoms with Crippen molar-refractivity contribution in [2.24, 2.45) is 5.92 Å². The molecule has 1 N–H and O–H groups in total. The van der Waals surface area contributed by atoms with Crippen molar-refractivity contribution in [3.05, 3.63) is 34.4 Å². The molecule has 0 saturated heterocycles. The number of thioether (sulfide) groups is 1. The summed E-state index contributed by atoms with van der Waals surface area (Å²) >= 11 is 1.10. The summed E-state index contributed by atoms with van der Waals surface area (Å²) in [6, 6.07) is 3.21. The van der Waals surface area contributed by atoms with Crippen molar-refractivity contribution in [2.45, 2.75) is 46.7 Å². The second-order valence-electron chi connectivity index (χ2n) is 6.43. The fourth-order valence-corrected chi connectivity index (χ4v) is 3.56. The van der Waals surface area contributed by atoms with Gasteiger partial charge in [0.25, 0.3) is 0 Å². The lowest BCUT2D eigenvalue weighted by Crippen LogP contribution is -2.50. The fourth-order valence-electron chi connectivity index (χ4n) is 2.93. The molecule has 0 aliphatic carbocycles. The van der Waals surface area contributed by atoms with Gasteiger partial charge in [0.15, 0.2) is 5.12 Å². The lowest BCUT2D eigenvalue weighted by atomic mass is 9.90. The molecule has 1 aliphatic heterocycles. The van der Waals surface area contributed by atoms with E-state index in [1.807, 2.05) is 26.0 Å². The number of aryl methyl sites for hydroxylation is 2. The van der Waals surface area contributed by atoms with Crippen LogP contribution >= 0.6 is 11.8 Å². The van der Waals surface area contributed by atoms with Crippen molar-refractivity contribution in [2.75, 3.05) is 5.75 Å². The average Bonchev–Trinajstić information content (AvgIpc) is 2.51. The van der Waals surface area contributed by atoms with Crippen molar-refractivity contribution in [1.82, 2.24) is 4.90 Å². The summed E-state index contributed by atoms with van der Waals surface area (Å²) in [5.74, 6) is -1.22. The van der Waals surface area contributed by atoms with E-state index in [9.17, 15) is 19.5 Å². The van der Waals surface area contributed by atoms with Crippen LogP contribution in [-0.4, -0.2) is 38.8 Å². The summed E-state index contributed by atoms with van der Waals surface area (Å²) in [6.07, 6.45) is 0.324. The van der Waals surface area contributed by atoms with Gasteiger partial charge in [-0.1, -0.05) is 30.8 Å². The van der Waals surface area contributed by atoms with Gasteiger partial charge in [-0.2, -0.15) is 0 Å². The smallest absolute Gasteiger partial charge is 0.326 e. The Morgan fingerprint density at radius 3 is 2.38 bits per heavy atom. The van der Waals surface area contributed by atoms with Crippen LogP contribution in [0.4, 0.5) is 0 Å². The maximum atomic E-state index is 12.7. The zero-order chi connectivity index (χ0) is 18.0. The maximum Gasteiger partial charge on any atom is 0.326 e. The van der Waals surface area contributed by atoms with Gasteiger partial charge in [0.05, 0.1) is 0 Å². The van der Waals surface area contributed by atoms with E-state index in [4.69, 9.17) is 0 Å². The number of amides is 1. The Labute approximate surface area is 146 Å². The zero-order valence-corrected chi connectivity index (χ0v) is 15.3. The molecule has 2 atom stereocenters. The van der Waals surface area contributed by atoms with Gasteiger partial charge in [-0.3, -0.25) is 9.59 Å². The normalized spacial score (nSPS) is 18.0. The van der Waals surface area contributed by atoms with E-state index < -0.39 is 17.9 Å². The predicted octanol–water partition coefficient (Wildman–Crippen LogP) is 2.56. The topological polar surface area (TPSA) is 74.7 Å². The molecule has 0 saturated carbocycles. The number of nitrogens with zero attached hydrogens (tertiary/aromatic N) is 1. The molecule has 0 aromatic heterocycles. The van der Waals surface area contributed by atoms with Crippen LogP contribution < -0.4 is 0 Å². The molecule has 0 spiro atoms. The highest BCUT2D eigenvalue weighted by Gasteiger charge is 2.36. The first-order valence-corrected chi connectivity index (χ1v) is 8.95. The van der Waals surface area contributed by atoms with Gasteiger partial charge in [-0.15, -0.1) is 0 Å². The number of benzene rings is 1. The van der Waals surface area contributed by atoms with Crippen LogP contribution in [0.2, 0.25) is 0 Å². The van der Waals surface area contributed by atoms with Crippen LogP contribution in [0.25, 0.3) is 0 Å². The van der Waals surface area contributed by atoms with E-state index in [1.54, 1.807) is 6.92 Å². The van der Waals surface area contributed by atoms with Crippen LogP contribution in [0, 0.1) is 19.8 Å². The monoisotopic (exact) mass is 349 g/mol. The number of hydrogen-bond donors (Lipinski definition) is 1. The van der Waals surface area contributed by atoms with E-state index in [0.717, 1.165) is 34.0 Å². The number of fused-ring (bicyclic) bond motifs is 1. The number of carbonyl (C=O) groups is 3. The molecule has 24 heavy (non-hydrogen) atoms. The van der Waals surface area contributed by atoms with E-state index in [1.165, 1.54) is 11.8 Å². The van der Waals surface area contributed by atoms with Gasteiger partial charge < -0.3 is 10.0 Å². The van der Waals surface area contributed by atoms with Crippen LogP contribution in [0.1, 0.15) is 36.1 Å². The Bertz CT molecular complexity index is 686. The molecule has 1 aromatic rings. The summed E-state index contributed by atoms with van der Waals surface area (Å²) in [5, 5.41) is 9.51. The molecule has 2 unspecified atom stereocenters. The van der Waals surface area contributed by atoms with E-state index in [0.29, 0.717) is 18.7 Å². The molecule has 0 fully saturated rings. The molecule has 1 amide bonds. The largest absolute Gasteiger partial charge is 0.480 e. The van der Waals surface area contributed by atoms with Crippen LogP contribution in [0.15, 0.2) is 12.1 Å². The van der Waals surface area contributed by atoms with Gasteiger partial charge in [0.1, 0.15) is 6.04 Å². The third-order valence-electron chi connectivity index (χ3n) is 4.47. The van der Waals surface area contributed by atoms with Crippen LogP contribution in [0.5, 0.6) is 0 Å². The molecular weight excluding hydrogens is 326 g/mol. The quantitative estimate of drug-likeness (QED) is 0.904. The second kappa shape index (κ2) is 7.38. The third-order valence-corrected chi connectivity index (χ3v) is 5.55. The first-order valence-electron chi connectivity index (χ1n) is 7.96. The minimum atomic E-state index is -0.987. The standard InChI is InChI=1S/C18H23NO4S/c1-10-5-14-7-16(18(22)23)19(8-15(14)6-11(10)2)17(21)12(3)9-24-13(4)20/h5-6,12,16H,7-9H2,1-4H3,(H,22,23). The van der Waals surface area contributed by atoms with Crippen molar-refractivity contribution in [3.8, 4) is 0 Å². The average molecular weight is 349 g/mol. The highest BCUT2D eigenvalue weighted by molar-refractivity contribution is 8.13. The number of rotatable bonds is 4. The molecule has 1 aromatic carbocycles. The van der Waals surface area contributed by atoms with Gasteiger partial charge in [0, 0.05) is 31.6 Å². The highest BCUT2D eigenvalue weighted by atomic mass is 32.2. The molecule has 130 valence electrons. The van der Waals surface area contributed by atoms with E-state index >= 15 is 0 Å². The second-order valence-corrected chi connectivity index (χ2v) is 7.63. The Kier molecular flexibility index (Phi) is 5.70. The summed E-state index contributed by atoms with van der Waals surface area (Å²) in [5.41, 5.74) is 4.27. The van der Waals surface area contributed by atoms with Gasteiger partial charge >= 0.3 is 5.97 Å². The van der Waals surface area contributed by atoms with Crippen molar-refractivity contribution >= 4 is 28.8 Å². The van der Waals surface area contributed by atoms with Gasteiger partial charge in [0.2, 0.25) is 5.91 Å². The van der Waals surface area contributed by atoms with Crippen molar-refractivity contribution in [1.29, 1.82) is 0 Å². The third kappa shape index (κ3) is 3.98. The SMILES string of the molecule is CC(=O)SCC(C)C(=O)N1Cc2cc(C)c(C)cc2CC1C(=O)O. The molecule has 1 heterocycles. The van der Waals surface area contributed by atoms with Crippen molar-refractivity contribution < 1.29 is 19.5 Å².